The van der Waals surface area contributed by atoms with E-state index in [-0.39, 0.29) is 11.7 Å². The number of carbonyl (C=O) groups excluding carboxylic acids is 2. The van der Waals surface area contributed by atoms with E-state index in [0.29, 0.717) is 12.3 Å². The van der Waals surface area contributed by atoms with E-state index in [0.717, 1.165) is 44.1 Å². The molecule has 0 fully saturated rings. The summed E-state index contributed by atoms with van der Waals surface area (Å²) in [4.78, 5) is 22.6. The Bertz CT molecular complexity index is 351. The SMILES string of the molecule is CCCC=C(C(C)=O)C(C)CCCCCCCCC(=O)NN. The number of hydrogen-bond acceptors (Lipinski definition) is 3. The lowest BCUT2D eigenvalue weighted by molar-refractivity contribution is -0.121. The van der Waals surface area contributed by atoms with E-state index in [1.807, 2.05) is 0 Å². The highest BCUT2D eigenvalue weighted by Crippen LogP contribution is 2.20. The molecule has 0 bridgehead atoms. The van der Waals surface area contributed by atoms with E-state index in [2.05, 4.69) is 25.3 Å². The van der Waals surface area contributed by atoms with E-state index in [4.69, 9.17) is 5.84 Å². The topological polar surface area (TPSA) is 72.2 Å². The second-order valence-electron chi connectivity index (χ2n) is 6.13. The van der Waals surface area contributed by atoms with Gasteiger partial charge < -0.3 is 0 Å². The minimum atomic E-state index is -0.0792. The van der Waals surface area contributed by atoms with Gasteiger partial charge in [0.25, 0.3) is 0 Å². The summed E-state index contributed by atoms with van der Waals surface area (Å²) >= 11 is 0. The second-order valence-corrected chi connectivity index (χ2v) is 6.13. The number of Topliss-reactive ketones (excluding diaryl/α,β-unsaturated/α-hetero) is 1. The van der Waals surface area contributed by atoms with E-state index >= 15 is 0 Å². The van der Waals surface area contributed by atoms with Crippen molar-refractivity contribution in [3.8, 4) is 0 Å². The number of nitrogens with one attached hydrogen (secondary N) is 1. The third-order valence-corrected chi connectivity index (χ3v) is 4.04. The van der Waals surface area contributed by atoms with Gasteiger partial charge in [-0.15, -0.1) is 0 Å². The van der Waals surface area contributed by atoms with Crippen LogP contribution in [-0.4, -0.2) is 11.7 Å². The zero-order valence-corrected chi connectivity index (χ0v) is 14.6. The first-order valence-electron chi connectivity index (χ1n) is 8.73. The van der Waals surface area contributed by atoms with Gasteiger partial charge >= 0.3 is 0 Å². The third-order valence-electron chi connectivity index (χ3n) is 4.04. The predicted molar refractivity (Wildman–Crippen MR) is 92.1 cm³/mol. The van der Waals surface area contributed by atoms with E-state index in [1.54, 1.807) is 6.92 Å². The van der Waals surface area contributed by atoms with E-state index < -0.39 is 0 Å². The zero-order chi connectivity index (χ0) is 16.8. The highest BCUT2D eigenvalue weighted by molar-refractivity contribution is 5.93. The fraction of sp³-hybridized carbons (Fsp3) is 0.778. The normalized spacial score (nSPS) is 13.0. The molecule has 0 aromatic rings. The smallest absolute Gasteiger partial charge is 0.233 e. The largest absolute Gasteiger partial charge is 0.295 e. The molecule has 0 saturated heterocycles. The van der Waals surface area contributed by atoms with Crippen LogP contribution in [0.5, 0.6) is 0 Å². The van der Waals surface area contributed by atoms with Gasteiger partial charge in [0.05, 0.1) is 0 Å². The average Bonchev–Trinajstić information content (AvgIpc) is 2.49. The van der Waals surface area contributed by atoms with Crippen LogP contribution in [0.1, 0.15) is 85.0 Å². The van der Waals surface area contributed by atoms with Crippen LogP contribution in [-0.2, 0) is 9.59 Å². The molecule has 1 amide bonds. The summed E-state index contributed by atoms with van der Waals surface area (Å²) in [6.07, 6.45) is 12.5. The summed E-state index contributed by atoms with van der Waals surface area (Å²) in [5.41, 5.74) is 3.16. The van der Waals surface area contributed by atoms with Crippen LogP contribution >= 0.6 is 0 Å². The lowest BCUT2D eigenvalue weighted by atomic mass is 9.91. The van der Waals surface area contributed by atoms with Crippen molar-refractivity contribution in [1.82, 2.24) is 5.43 Å². The molecule has 0 aliphatic carbocycles. The molecular formula is C18H34N2O2. The van der Waals surface area contributed by atoms with Crippen molar-refractivity contribution in [2.75, 3.05) is 0 Å². The van der Waals surface area contributed by atoms with Gasteiger partial charge in [0.1, 0.15) is 0 Å². The molecule has 0 aliphatic rings. The number of hydrazine groups is 1. The number of allylic oxidation sites excluding steroid dienone is 2. The summed E-state index contributed by atoms with van der Waals surface area (Å²) < 4.78 is 0. The highest BCUT2D eigenvalue weighted by Gasteiger charge is 2.12. The van der Waals surface area contributed by atoms with Gasteiger partial charge in [0, 0.05) is 6.42 Å². The molecule has 0 rings (SSSR count). The highest BCUT2D eigenvalue weighted by atomic mass is 16.2. The molecule has 4 heteroatoms. The molecule has 1 atom stereocenters. The molecule has 4 nitrogen and oxygen atoms in total. The standard InChI is InChI=1S/C18H34N2O2/c1-4-5-13-17(16(3)21)15(2)12-10-8-6-7-9-11-14-18(22)20-19/h13,15H,4-12,14,19H2,1-3H3,(H,20,22). The lowest BCUT2D eigenvalue weighted by Gasteiger charge is -2.13. The molecular weight excluding hydrogens is 276 g/mol. The molecule has 22 heavy (non-hydrogen) atoms. The van der Waals surface area contributed by atoms with Gasteiger partial charge in [-0.3, -0.25) is 15.0 Å². The maximum Gasteiger partial charge on any atom is 0.233 e. The van der Waals surface area contributed by atoms with Crippen LogP contribution in [0.15, 0.2) is 11.6 Å². The lowest BCUT2D eigenvalue weighted by Crippen LogP contribution is -2.29. The number of carbonyl (C=O) groups is 2. The van der Waals surface area contributed by atoms with Crippen molar-refractivity contribution in [2.45, 2.75) is 85.0 Å². The second kappa shape index (κ2) is 13.5. The molecule has 0 radical (unpaired) electrons. The first-order valence-corrected chi connectivity index (χ1v) is 8.73. The Morgan fingerprint density at radius 1 is 1.09 bits per heavy atom. The van der Waals surface area contributed by atoms with Gasteiger partial charge in [-0.1, -0.05) is 58.4 Å². The summed E-state index contributed by atoms with van der Waals surface area (Å²) in [5.74, 6) is 5.54. The van der Waals surface area contributed by atoms with Gasteiger partial charge in [-0.05, 0) is 37.7 Å². The van der Waals surface area contributed by atoms with Crippen LogP contribution in [0.4, 0.5) is 0 Å². The predicted octanol–water partition coefficient (Wildman–Crippen LogP) is 4.05. The van der Waals surface area contributed by atoms with Crippen LogP contribution in [0, 0.1) is 5.92 Å². The third kappa shape index (κ3) is 10.6. The van der Waals surface area contributed by atoms with Gasteiger partial charge in [0.15, 0.2) is 5.78 Å². The number of amides is 1. The van der Waals surface area contributed by atoms with Crippen molar-refractivity contribution in [2.24, 2.45) is 11.8 Å². The fourth-order valence-electron chi connectivity index (χ4n) is 2.66. The minimum absolute atomic E-state index is 0.0792. The van der Waals surface area contributed by atoms with Crippen LogP contribution in [0.2, 0.25) is 0 Å². The number of ketones is 1. The number of nitrogens with two attached hydrogens (primary N) is 1. The fourth-order valence-corrected chi connectivity index (χ4v) is 2.66. The molecule has 0 aromatic heterocycles. The monoisotopic (exact) mass is 310 g/mol. The van der Waals surface area contributed by atoms with Crippen molar-refractivity contribution >= 4 is 11.7 Å². The maximum absolute atomic E-state index is 11.7. The number of rotatable bonds is 13. The molecule has 0 heterocycles. The van der Waals surface area contributed by atoms with Crippen molar-refractivity contribution in [1.29, 1.82) is 0 Å². The zero-order valence-electron chi connectivity index (χ0n) is 14.6. The Kier molecular flexibility index (Phi) is 12.8. The van der Waals surface area contributed by atoms with Crippen LogP contribution < -0.4 is 11.3 Å². The van der Waals surface area contributed by atoms with Crippen molar-refractivity contribution < 1.29 is 9.59 Å². The average molecular weight is 310 g/mol. The van der Waals surface area contributed by atoms with Gasteiger partial charge in [-0.2, -0.15) is 0 Å². The maximum atomic E-state index is 11.7. The van der Waals surface area contributed by atoms with Crippen molar-refractivity contribution in [3.05, 3.63) is 11.6 Å². The summed E-state index contributed by atoms with van der Waals surface area (Å²) in [6, 6.07) is 0. The Labute approximate surface area is 135 Å². The van der Waals surface area contributed by atoms with Crippen molar-refractivity contribution in [3.63, 3.8) is 0 Å². The Hall–Kier alpha value is -1.16. The Morgan fingerprint density at radius 2 is 1.68 bits per heavy atom. The summed E-state index contributed by atoms with van der Waals surface area (Å²) in [6.45, 7) is 5.97. The first kappa shape index (κ1) is 20.8. The minimum Gasteiger partial charge on any atom is -0.295 e. The quantitative estimate of drug-likeness (QED) is 0.177. The Balaban J connectivity index is 3.73. The van der Waals surface area contributed by atoms with Crippen LogP contribution in [0.25, 0.3) is 0 Å². The molecule has 0 spiro atoms. The Morgan fingerprint density at radius 3 is 2.23 bits per heavy atom. The summed E-state index contributed by atoms with van der Waals surface area (Å²) in [5, 5.41) is 0. The van der Waals surface area contributed by atoms with Gasteiger partial charge in [-0.25, -0.2) is 5.84 Å². The van der Waals surface area contributed by atoms with E-state index in [1.165, 1.54) is 19.3 Å². The molecule has 3 N–H and O–H groups in total. The van der Waals surface area contributed by atoms with Crippen LogP contribution in [0.3, 0.4) is 0 Å². The van der Waals surface area contributed by atoms with E-state index in [9.17, 15) is 9.59 Å². The molecule has 0 saturated carbocycles. The first-order chi connectivity index (χ1) is 10.5. The molecule has 1 unspecified atom stereocenters. The molecule has 0 aliphatic heterocycles. The van der Waals surface area contributed by atoms with Gasteiger partial charge in [0.2, 0.25) is 5.91 Å². The number of hydrogen-bond donors (Lipinski definition) is 2. The molecule has 128 valence electrons. The summed E-state index contributed by atoms with van der Waals surface area (Å²) in [7, 11) is 0. The number of unbranched alkanes of at least 4 members (excludes halogenated alkanes) is 6. The molecule has 0 aromatic carbocycles.